The van der Waals surface area contributed by atoms with E-state index in [2.05, 4.69) is 15.3 Å². The van der Waals surface area contributed by atoms with E-state index in [9.17, 15) is 4.79 Å². The van der Waals surface area contributed by atoms with Gasteiger partial charge in [-0.05, 0) is 49.4 Å². The fourth-order valence-corrected chi connectivity index (χ4v) is 3.92. The topological polar surface area (TPSA) is 64.3 Å². The summed E-state index contributed by atoms with van der Waals surface area (Å²) < 4.78 is 8.95. The first-order valence-corrected chi connectivity index (χ1v) is 11.0. The van der Waals surface area contributed by atoms with Crippen LogP contribution in [-0.2, 0) is 11.8 Å². The standard InChI is InChI=1S/C22H25Cl2N5O2/c1-27-8-2-4-20(27)19-15-21(29(26-19)16-5-6-17(23)18(24)14-16)22(30)25-7-3-9-28-10-12-31-13-11-28/h2,4-6,8,14-15H,3,7,9-13H2,1H3,(H,25,30). The van der Waals surface area contributed by atoms with Gasteiger partial charge in [0.2, 0.25) is 0 Å². The van der Waals surface area contributed by atoms with Crippen molar-refractivity contribution >= 4 is 29.1 Å². The van der Waals surface area contributed by atoms with Crippen LogP contribution in [0.15, 0.2) is 42.6 Å². The molecule has 3 aromatic rings. The van der Waals surface area contributed by atoms with Crippen LogP contribution < -0.4 is 5.32 Å². The first-order chi connectivity index (χ1) is 15.0. The molecule has 2 aromatic heterocycles. The Morgan fingerprint density at radius 2 is 1.97 bits per heavy atom. The highest BCUT2D eigenvalue weighted by atomic mass is 35.5. The molecule has 0 aliphatic carbocycles. The lowest BCUT2D eigenvalue weighted by Gasteiger charge is -2.26. The van der Waals surface area contributed by atoms with Gasteiger partial charge in [-0.3, -0.25) is 9.69 Å². The minimum atomic E-state index is -0.180. The van der Waals surface area contributed by atoms with E-state index in [4.69, 9.17) is 27.9 Å². The number of halogens is 2. The van der Waals surface area contributed by atoms with Crippen molar-refractivity contribution < 1.29 is 9.53 Å². The first-order valence-electron chi connectivity index (χ1n) is 10.3. The Balaban J connectivity index is 1.53. The average Bonchev–Trinajstić information content (AvgIpc) is 3.40. The molecule has 3 heterocycles. The van der Waals surface area contributed by atoms with E-state index in [1.54, 1.807) is 28.9 Å². The third-order valence-corrected chi connectivity index (χ3v) is 6.08. The number of amides is 1. The Kier molecular flexibility index (Phi) is 6.97. The summed E-state index contributed by atoms with van der Waals surface area (Å²) in [4.78, 5) is 15.4. The Hall–Kier alpha value is -2.32. The lowest BCUT2D eigenvalue weighted by atomic mass is 10.2. The highest BCUT2D eigenvalue weighted by Crippen LogP contribution is 2.27. The largest absolute Gasteiger partial charge is 0.379 e. The summed E-state index contributed by atoms with van der Waals surface area (Å²) in [6.07, 6.45) is 2.82. The van der Waals surface area contributed by atoms with Crippen LogP contribution in [0.5, 0.6) is 0 Å². The van der Waals surface area contributed by atoms with Gasteiger partial charge >= 0.3 is 0 Å². The molecule has 0 radical (unpaired) electrons. The number of carbonyl (C=O) groups is 1. The summed E-state index contributed by atoms with van der Waals surface area (Å²) in [7, 11) is 1.94. The van der Waals surface area contributed by atoms with Crippen molar-refractivity contribution in [2.75, 3.05) is 39.4 Å². The van der Waals surface area contributed by atoms with E-state index in [1.165, 1.54) is 0 Å². The summed E-state index contributed by atoms with van der Waals surface area (Å²) in [5, 5.41) is 8.58. The van der Waals surface area contributed by atoms with Gasteiger partial charge in [0.1, 0.15) is 11.4 Å². The molecule has 0 saturated carbocycles. The molecule has 9 heteroatoms. The number of hydrogen-bond donors (Lipinski definition) is 1. The summed E-state index contributed by atoms with van der Waals surface area (Å²) >= 11 is 12.3. The van der Waals surface area contributed by atoms with E-state index in [0.29, 0.717) is 33.7 Å². The number of hydrogen-bond acceptors (Lipinski definition) is 4. The molecule has 164 valence electrons. The van der Waals surface area contributed by atoms with Gasteiger partial charge in [-0.15, -0.1) is 0 Å². The summed E-state index contributed by atoms with van der Waals surface area (Å²) in [6.45, 7) is 4.96. The van der Waals surface area contributed by atoms with E-state index < -0.39 is 0 Å². The van der Waals surface area contributed by atoms with Crippen LogP contribution in [0.25, 0.3) is 17.1 Å². The Morgan fingerprint density at radius 1 is 1.16 bits per heavy atom. The van der Waals surface area contributed by atoms with Gasteiger partial charge in [0.05, 0.1) is 34.6 Å². The van der Waals surface area contributed by atoms with Gasteiger partial charge in [-0.25, -0.2) is 4.68 Å². The van der Waals surface area contributed by atoms with Crippen molar-refractivity contribution in [2.24, 2.45) is 7.05 Å². The van der Waals surface area contributed by atoms with Crippen LogP contribution >= 0.6 is 23.2 Å². The molecule has 1 N–H and O–H groups in total. The number of aryl methyl sites for hydroxylation is 1. The zero-order chi connectivity index (χ0) is 21.8. The molecule has 4 rings (SSSR count). The molecule has 0 atom stereocenters. The molecule has 1 amide bonds. The van der Waals surface area contributed by atoms with Crippen molar-refractivity contribution in [1.29, 1.82) is 0 Å². The minimum Gasteiger partial charge on any atom is -0.379 e. The normalized spacial score (nSPS) is 14.7. The number of rotatable bonds is 7. The van der Waals surface area contributed by atoms with Crippen LogP contribution in [0.1, 0.15) is 16.9 Å². The second kappa shape index (κ2) is 9.87. The zero-order valence-corrected chi connectivity index (χ0v) is 18.9. The summed E-state index contributed by atoms with van der Waals surface area (Å²) in [6, 6.07) is 10.9. The lowest BCUT2D eigenvalue weighted by molar-refractivity contribution is 0.0374. The number of benzene rings is 1. The zero-order valence-electron chi connectivity index (χ0n) is 17.4. The number of carbonyl (C=O) groups excluding carboxylic acids is 1. The van der Waals surface area contributed by atoms with Crippen LogP contribution in [0.3, 0.4) is 0 Å². The van der Waals surface area contributed by atoms with E-state index in [-0.39, 0.29) is 5.91 Å². The van der Waals surface area contributed by atoms with Crippen molar-refractivity contribution in [3.63, 3.8) is 0 Å². The molecule has 1 saturated heterocycles. The quantitative estimate of drug-likeness (QED) is 0.545. The predicted octanol–water partition coefficient (Wildman–Crippen LogP) is 3.64. The number of nitrogens with one attached hydrogen (secondary N) is 1. The smallest absolute Gasteiger partial charge is 0.270 e. The van der Waals surface area contributed by atoms with Crippen molar-refractivity contribution in [2.45, 2.75) is 6.42 Å². The minimum absolute atomic E-state index is 0.180. The Bertz CT molecular complexity index is 1060. The molecule has 1 fully saturated rings. The monoisotopic (exact) mass is 461 g/mol. The second-order valence-electron chi connectivity index (χ2n) is 7.49. The van der Waals surface area contributed by atoms with Gasteiger partial charge < -0.3 is 14.6 Å². The maximum Gasteiger partial charge on any atom is 0.270 e. The molecule has 31 heavy (non-hydrogen) atoms. The van der Waals surface area contributed by atoms with Crippen molar-refractivity contribution in [3.8, 4) is 17.1 Å². The SMILES string of the molecule is Cn1cccc1-c1cc(C(=O)NCCCN2CCOCC2)n(-c2ccc(Cl)c(Cl)c2)n1. The van der Waals surface area contributed by atoms with Crippen LogP contribution in [0.2, 0.25) is 10.0 Å². The number of nitrogens with zero attached hydrogens (tertiary/aromatic N) is 4. The Morgan fingerprint density at radius 3 is 2.68 bits per heavy atom. The molecule has 0 bridgehead atoms. The number of morpholine rings is 1. The first kappa shape index (κ1) is 21.9. The fourth-order valence-electron chi connectivity index (χ4n) is 3.63. The molecule has 1 aliphatic rings. The van der Waals surface area contributed by atoms with Crippen molar-refractivity contribution in [3.05, 3.63) is 58.3 Å². The molecule has 0 spiro atoms. The highest BCUT2D eigenvalue weighted by Gasteiger charge is 2.19. The number of ether oxygens (including phenoxy) is 1. The van der Waals surface area contributed by atoms with Crippen LogP contribution in [0, 0.1) is 0 Å². The van der Waals surface area contributed by atoms with Gasteiger partial charge in [-0.1, -0.05) is 23.2 Å². The third kappa shape index (κ3) is 5.13. The highest BCUT2D eigenvalue weighted by molar-refractivity contribution is 6.42. The van der Waals surface area contributed by atoms with Gasteiger partial charge in [0, 0.05) is 32.9 Å². The Labute approximate surface area is 191 Å². The van der Waals surface area contributed by atoms with Crippen LogP contribution in [0.4, 0.5) is 0 Å². The molecule has 1 aromatic carbocycles. The van der Waals surface area contributed by atoms with Gasteiger partial charge in [-0.2, -0.15) is 5.10 Å². The second-order valence-corrected chi connectivity index (χ2v) is 8.31. The lowest BCUT2D eigenvalue weighted by Crippen LogP contribution is -2.38. The molecular weight excluding hydrogens is 437 g/mol. The summed E-state index contributed by atoms with van der Waals surface area (Å²) in [5.74, 6) is -0.180. The average molecular weight is 462 g/mol. The third-order valence-electron chi connectivity index (χ3n) is 5.34. The molecule has 0 unspecified atom stereocenters. The molecular formula is C22H25Cl2N5O2. The molecule has 1 aliphatic heterocycles. The van der Waals surface area contributed by atoms with Gasteiger partial charge in [0.15, 0.2) is 0 Å². The van der Waals surface area contributed by atoms with Crippen molar-refractivity contribution in [1.82, 2.24) is 24.6 Å². The fraction of sp³-hybridized carbons (Fsp3) is 0.364. The van der Waals surface area contributed by atoms with Crippen LogP contribution in [-0.4, -0.2) is 64.5 Å². The maximum atomic E-state index is 13.0. The van der Waals surface area contributed by atoms with E-state index in [1.807, 2.05) is 29.9 Å². The van der Waals surface area contributed by atoms with E-state index >= 15 is 0 Å². The number of aromatic nitrogens is 3. The summed E-state index contributed by atoms with van der Waals surface area (Å²) in [5.41, 5.74) is 2.74. The van der Waals surface area contributed by atoms with E-state index in [0.717, 1.165) is 45.0 Å². The maximum absolute atomic E-state index is 13.0. The predicted molar refractivity (Wildman–Crippen MR) is 122 cm³/mol. The van der Waals surface area contributed by atoms with Gasteiger partial charge in [0.25, 0.3) is 5.91 Å². The molecule has 7 nitrogen and oxygen atoms in total.